The van der Waals surface area contributed by atoms with Gasteiger partial charge in [-0.25, -0.2) is 0 Å². The Morgan fingerprint density at radius 2 is 1.49 bits per heavy atom. The van der Waals surface area contributed by atoms with Crippen molar-refractivity contribution in [3.63, 3.8) is 0 Å². The van der Waals surface area contributed by atoms with Crippen molar-refractivity contribution in [3.8, 4) is 22.7 Å². The van der Waals surface area contributed by atoms with E-state index in [2.05, 4.69) is 90.5 Å². The molecule has 1 heterocycles. The molecule has 0 fully saturated rings. The quantitative estimate of drug-likeness (QED) is 0.198. The van der Waals surface area contributed by atoms with Crippen molar-refractivity contribution in [1.82, 2.24) is 4.57 Å². The normalized spacial score (nSPS) is 13.1. The highest BCUT2D eigenvalue weighted by Gasteiger charge is 2.26. The fraction of sp³-hybridized carbons (Fsp3) is 0.114. The molecule has 4 aromatic carbocycles. The zero-order valence-corrected chi connectivity index (χ0v) is 23.0. The maximum Gasteiger partial charge on any atom is 0.119 e. The van der Waals surface area contributed by atoms with E-state index in [9.17, 15) is 0 Å². The minimum absolute atomic E-state index is 0.857. The molecule has 0 atom stereocenters. The second-order valence-corrected chi connectivity index (χ2v) is 10.7. The van der Waals surface area contributed by atoms with Crippen LogP contribution in [0.3, 0.4) is 0 Å². The fourth-order valence-electron chi connectivity index (χ4n) is 5.02. The van der Waals surface area contributed by atoms with Gasteiger partial charge in [-0.05, 0) is 85.5 Å². The Morgan fingerprint density at radius 1 is 0.795 bits per heavy atom. The molecule has 0 saturated heterocycles. The first-order valence-corrected chi connectivity index (χ1v) is 14.0. The molecule has 192 valence electrons. The van der Waals surface area contributed by atoms with Crippen molar-refractivity contribution < 1.29 is 4.74 Å². The fourth-order valence-corrected chi connectivity index (χ4v) is 6.10. The molecule has 1 aromatic heterocycles. The van der Waals surface area contributed by atoms with Gasteiger partial charge in [-0.15, -0.1) is 0 Å². The maximum atomic E-state index is 5.45. The Morgan fingerprint density at radius 3 is 2.18 bits per heavy atom. The molecule has 0 N–H and O–H groups in total. The maximum absolute atomic E-state index is 5.45. The van der Waals surface area contributed by atoms with Gasteiger partial charge in [-0.3, -0.25) is 4.99 Å². The summed E-state index contributed by atoms with van der Waals surface area (Å²) in [5.41, 5.74) is 9.62. The first-order valence-electron chi connectivity index (χ1n) is 13.2. The number of ether oxygens (including phenoxy) is 1. The van der Waals surface area contributed by atoms with Crippen LogP contribution in [-0.4, -0.2) is 17.9 Å². The summed E-state index contributed by atoms with van der Waals surface area (Å²) in [4.78, 5) is 7.35. The molecule has 39 heavy (non-hydrogen) atoms. The van der Waals surface area contributed by atoms with Crippen molar-refractivity contribution >= 4 is 28.6 Å². The van der Waals surface area contributed by atoms with Crippen LogP contribution in [0.15, 0.2) is 131 Å². The van der Waals surface area contributed by atoms with E-state index < -0.39 is 0 Å². The largest absolute Gasteiger partial charge is 0.497 e. The Kier molecular flexibility index (Phi) is 7.20. The molecule has 0 bridgehead atoms. The third-order valence-electron chi connectivity index (χ3n) is 7.04. The second-order valence-electron chi connectivity index (χ2n) is 9.65. The number of nitrogens with zero attached hydrogens (tertiary/aromatic N) is 2. The molecule has 3 nitrogen and oxygen atoms in total. The molecular weight excluding hydrogens is 496 g/mol. The van der Waals surface area contributed by atoms with Gasteiger partial charge in [0.25, 0.3) is 0 Å². The number of thioether (sulfide) groups is 1. The molecule has 0 amide bonds. The molecule has 0 radical (unpaired) electrons. The summed E-state index contributed by atoms with van der Waals surface area (Å²) in [5.74, 6) is 0.857. The predicted octanol–water partition coefficient (Wildman–Crippen LogP) is 9.31. The lowest BCUT2D eigenvalue weighted by Crippen LogP contribution is -2.09. The van der Waals surface area contributed by atoms with Gasteiger partial charge in [0.05, 0.1) is 18.5 Å². The highest BCUT2D eigenvalue weighted by Crippen LogP contribution is 2.46. The van der Waals surface area contributed by atoms with Gasteiger partial charge in [0.2, 0.25) is 0 Å². The van der Waals surface area contributed by atoms with E-state index in [1.165, 1.54) is 43.5 Å². The third-order valence-corrected chi connectivity index (χ3v) is 8.23. The molecule has 1 aliphatic carbocycles. The van der Waals surface area contributed by atoms with E-state index >= 15 is 0 Å². The van der Waals surface area contributed by atoms with Crippen LogP contribution in [0.5, 0.6) is 5.75 Å². The van der Waals surface area contributed by atoms with Crippen LogP contribution in [0.25, 0.3) is 21.8 Å². The summed E-state index contributed by atoms with van der Waals surface area (Å²) >= 11 is 1.83. The highest BCUT2D eigenvalue weighted by molar-refractivity contribution is 8.08. The number of fused-ring (bicyclic) bond motifs is 1. The molecule has 0 unspecified atom stereocenters. The van der Waals surface area contributed by atoms with Gasteiger partial charge in [0.1, 0.15) is 5.75 Å². The molecule has 0 aliphatic heterocycles. The standard InChI is InChI=1S/C35H30N2OS/c1-25-13-20-31(21-14-25)39-35-27(24-36-28-11-7-4-8-12-28)15-22-33-32(35)23-34(26-9-5-3-6-10-26)37(33)29-16-18-30(38-2)19-17-29/h3-14,16-21,23-24H,15,22H2,1-2H3. The average Bonchev–Trinajstić information content (AvgIpc) is 3.39. The van der Waals surface area contributed by atoms with Crippen molar-refractivity contribution in [2.24, 2.45) is 4.99 Å². The van der Waals surface area contributed by atoms with Gasteiger partial charge in [-0.2, -0.15) is 0 Å². The van der Waals surface area contributed by atoms with E-state index in [1.54, 1.807) is 7.11 Å². The van der Waals surface area contributed by atoms with Crippen LogP contribution in [0.2, 0.25) is 0 Å². The van der Waals surface area contributed by atoms with Crippen LogP contribution in [0.4, 0.5) is 5.69 Å². The van der Waals surface area contributed by atoms with E-state index in [0.717, 1.165) is 30.0 Å². The van der Waals surface area contributed by atoms with Crippen molar-refractivity contribution in [3.05, 3.63) is 138 Å². The topological polar surface area (TPSA) is 26.5 Å². The van der Waals surface area contributed by atoms with Crippen molar-refractivity contribution in [1.29, 1.82) is 0 Å². The van der Waals surface area contributed by atoms with E-state index in [0.29, 0.717) is 0 Å². The third kappa shape index (κ3) is 5.34. The Bertz CT molecular complexity index is 1630. The van der Waals surface area contributed by atoms with Crippen molar-refractivity contribution in [2.75, 3.05) is 7.11 Å². The number of aryl methyl sites for hydroxylation is 1. The van der Waals surface area contributed by atoms with Crippen molar-refractivity contribution in [2.45, 2.75) is 24.7 Å². The number of methoxy groups -OCH3 is 1. The highest BCUT2D eigenvalue weighted by atomic mass is 32.2. The van der Waals surface area contributed by atoms with Crippen LogP contribution in [0, 0.1) is 6.92 Å². The number of allylic oxidation sites excluding steroid dienone is 1. The zero-order chi connectivity index (χ0) is 26.6. The molecule has 6 rings (SSSR count). The monoisotopic (exact) mass is 526 g/mol. The number of hydrogen-bond acceptors (Lipinski definition) is 3. The summed E-state index contributed by atoms with van der Waals surface area (Å²) < 4.78 is 7.87. The average molecular weight is 527 g/mol. The van der Waals surface area contributed by atoms with Gasteiger partial charge >= 0.3 is 0 Å². The molecule has 4 heteroatoms. The second kappa shape index (κ2) is 11.2. The van der Waals surface area contributed by atoms with Crippen LogP contribution in [0.1, 0.15) is 23.2 Å². The number of rotatable bonds is 7. The first kappa shape index (κ1) is 25.0. The summed E-state index contributed by atoms with van der Waals surface area (Å²) in [6.45, 7) is 2.13. The van der Waals surface area contributed by atoms with Crippen LogP contribution in [-0.2, 0) is 6.42 Å². The zero-order valence-electron chi connectivity index (χ0n) is 22.2. The number of aliphatic imine (C=N–C) groups is 1. The van der Waals surface area contributed by atoms with Gasteiger partial charge < -0.3 is 9.30 Å². The summed E-state index contributed by atoms with van der Waals surface area (Å²) in [7, 11) is 1.71. The van der Waals surface area contributed by atoms with Crippen LogP contribution >= 0.6 is 11.8 Å². The van der Waals surface area contributed by atoms with E-state index in [-0.39, 0.29) is 0 Å². The van der Waals surface area contributed by atoms with E-state index in [1.807, 2.05) is 54.2 Å². The Labute approximate surface area is 234 Å². The molecule has 0 spiro atoms. The smallest absolute Gasteiger partial charge is 0.119 e. The molecule has 0 saturated carbocycles. The molecule has 5 aromatic rings. The summed E-state index contributed by atoms with van der Waals surface area (Å²) in [5, 5.41) is 0. The van der Waals surface area contributed by atoms with Crippen LogP contribution < -0.4 is 4.74 Å². The SMILES string of the molecule is COc1ccc(-n2c(-c3ccccc3)cc3c2CCC(C=Nc2ccccc2)=C3Sc2ccc(C)cc2)cc1. The number of hydrogen-bond donors (Lipinski definition) is 0. The van der Waals surface area contributed by atoms with Gasteiger partial charge in [-0.1, -0.05) is 78.0 Å². The number of aromatic nitrogens is 1. The lowest BCUT2D eigenvalue weighted by Gasteiger charge is -2.21. The minimum atomic E-state index is 0.857. The van der Waals surface area contributed by atoms with Gasteiger partial charge in [0.15, 0.2) is 0 Å². The Balaban J connectivity index is 1.53. The first-order chi connectivity index (χ1) is 19.2. The molecular formula is C35H30N2OS. The number of para-hydroxylation sites is 1. The predicted molar refractivity (Wildman–Crippen MR) is 165 cm³/mol. The Hall–Kier alpha value is -4.28. The molecule has 1 aliphatic rings. The lowest BCUT2D eigenvalue weighted by molar-refractivity contribution is 0.414. The summed E-state index contributed by atoms with van der Waals surface area (Å²) in [6, 6.07) is 40.4. The van der Waals surface area contributed by atoms with E-state index in [4.69, 9.17) is 9.73 Å². The van der Waals surface area contributed by atoms with Gasteiger partial charge in [0, 0.05) is 33.0 Å². The lowest BCUT2D eigenvalue weighted by atomic mass is 9.97. The minimum Gasteiger partial charge on any atom is -0.497 e. The summed E-state index contributed by atoms with van der Waals surface area (Å²) in [6.07, 6.45) is 3.93. The number of benzene rings is 4.